The van der Waals surface area contributed by atoms with Crippen LogP contribution in [0.5, 0.6) is 0 Å². The molecule has 25 heavy (non-hydrogen) atoms. The van der Waals surface area contributed by atoms with Crippen molar-refractivity contribution in [2.45, 2.75) is 43.0 Å². The lowest BCUT2D eigenvalue weighted by Crippen LogP contribution is -2.44. The summed E-state index contributed by atoms with van der Waals surface area (Å²) in [4.78, 5) is 14.5. The van der Waals surface area contributed by atoms with Crippen molar-refractivity contribution in [2.24, 2.45) is 0 Å². The number of aromatic nitrogens is 2. The summed E-state index contributed by atoms with van der Waals surface area (Å²) >= 11 is 2.71. The Hall–Kier alpha value is -1.67. The van der Waals surface area contributed by atoms with Gasteiger partial charge in [-0.25, -0.2) is 4.39 Å². The van der Waals surface area contributed by atoms with Gasteiger partial charge >= 0.3 is 0 Å². The number of hydrogen-bond acceptors (Lipinski definition) is 6. The molecule has 0 saturated carbocycles. The summed E-state index contributed by atoms with van der Waals surface area (Å²) in [6.07, 6.45) is 4.40. The topological polar surface area (TPSA) is 58.1 Å². The van der Waals surface area contributed by atoms with E-state index in [1.54, 1.807) is 18.2 Å². The van der Waals surface area contributed by atoms with Gasteiger partial charge in [0.1, 0.15) is 5.82 Å². The van der Waals surface area contributed by atoms with Crippen LogP contribution in [0.25, 0.3) is 0 Å². The zero-order valence-corrected chi connectivity index (χ0v) is 15.7. The number of likely N-dealkylation sites (tertiary alicyclic amines) is 1. The van der Waals surface area contributed by atoms with Crippen molar-refractivity contribution in [3.63, 3.8) is 0 Å². The Morgan fingerprint density at radius 2 is 2.24 bits per heavy atom. The molecule has 1 N–H and O–H groups in total. The Morgan fingerprint density at radius 3 is 3.04 bits per heavy atom. The maximum Gasteiger partial charge on any atom is 0.233 e. The number of carbonyl (C=O) groups excluding carboxylic acids is 1. The van der Waals surface area contributed by atoms with Crippen LogP contribution in [0.3, 0.4) is 0 Å². The number of amides is 1. The van der Waals surface area contributed by atoms with E-state index in [0.717, 1.165) is 25.8 Å². The summed E-state index contributed by atoms with van der Waals surface area (Å²) in [6.45, 7) is 2.99. The molecule has 1 fully saturated rings. The molecule has 134 valence electrons. The standard InChI is InChI=1S/C17H21FN4OS2/c1-2-12-7-5-6-10-22(12)15(23)11-24-17-21-20-16(25-17)19-14-9-4-3-8-13(14)18/h3-4,8-9,12H,2,5-7,10-11H2,1H3,(H,19,20). The van der Waals surface area contributed by atoms with Gasteiger partial charge in [-0.1, -0.05) is 42.2 Å². The lowest BCUT2D eigenvalue weighted by atomic mass is 10.0. The van der Waals surface area contributed by atoms with Crippen LogP contribution < -0.4 is 5.32 Å². The SMILES string of the molecule is CCC1CCCCN1C(=O)CSc1nnc(Nc2ccccc2F)s1. The van der Waals surface area contributed by atoms with E-state index in [4.69, 9.17) is 0 Å². The predicted molar refractivity (Wildman–Crippen MR) is 100.0 cm³/mol. The van der Waals surface area contributed by atoms with Crippen molar-refractivity contribution < 1.29 is 9.18 Å². The van der Waals surface area contributed by atoms with Crippen LogP contribution in [0.1, 0.15) is 32.6 Å². The van der Waals surface area contributed by atoms with Gasteiger partial charge in [0.05, 0.1) is 11.4 Å². The van der Waals surface area contributed by atoms with Crippen molar-refractivity contribution in [3.8, 4) is 0 Å². The van der Waals surface area contributed by atoms with E-state index in [0.29, 0.717) is 27.0 Å². The number of nitrogens with one attached hydrogen (secondary N) is 1. The van der Waals surface area contributed by atoms with E-state index in [-0.39, 0.29) is 11.7 Å². The Labute approximate surface area is 155 Å². The Kier molecular flexibility index (Phi) is 6.25. The van der Waals surface area contributed by atoms with E-state index in [1.165, 1.54) is 35.6 Å². The summed E-state index contributed by atoms with van der Waals surface area (Å²) in [5.41, 5.74) is 0.366. The summed E-state index contributed by atoms with van der Waals surface area (Å²) in [7, 11) is 0. The van der Waals surface area contributed by atoms with Gasteiger partial charge in [-0.15, -0.1) is 10.2 Å². The molecule has 0 radical (unpaired) electrons. The van der Waals surface area contributed by atoms with Crippen LogP contribution in [0.15, 0.2) is 28.6 Å². The van der Waals surface area contributed by atoms with Gasteiger partial charge in [0.15, 0.2) is 4.34 Å². The largest absolute Gasteiger partial charge is 0.339 e. The van der Waals surface area contributed by atoms with Crippen LogP contribution in [0, 0.1) is 5.82 Å². The molecule has 1 aliphatic heterocycles. The highest BCUT2D eigenvalue weighted by Crippen LogP contribution is 2.29. The van der Waals surface area contributed by atoms with Crippen molar-refractivity contribution >= 4 is 39.8 Å². The average Bonchev–Trinajstić information content (AvgIpc) is 3.09. The van der Waals surface area contributed by atoms with Gasteiger partial charge < -0.3 is 10.2 Å². The molecular formula is C17H21FN4OS2. The quantitative estimate of drug-likeness (QED) is 0.757. The molecule has 1 aromatic heterocycles. The van der Waals surface area contributed by atoms with Gasteiger partial charge in [0.25, 0.3) is 0 Å². The number of piperidine rings is 1. The van der Waals surface area contributed by atoms with Crippen LogP contribution in [0.4, 0.5) is 15.2 Å². The molecule has 5 nitrogen and oxygen atoms in total. The highest BCUT2D eigenvalue weighted by Gasteiger charge is 2.25. The summed E-state index contributed by atoms with van der Waals surface area (Å²) < 4.78 is 14.4. The average molecular weight is 381 g/mol. The second kappa shape index (κ2) is 8.62. The fraction of sp³-hybridized carbons (Fsp3) is 0.471. The molecule has 1 atom stereocenters. The molecule has 0 bridgehead atoms. The Morgan fingerprint density at radius 1 is 1.40 bits per heavy atom. The minimum Gasteiger partial charge on any atom is -0.339 e. The number of para-hydroxylation sites is 1. The predicted octanol–water partition coefficient (Wildman–Crippen LogP) is 4.30. The molecule has 1 aromatic carbocycles. The number of thioether (sulfide) groups is 1. The number of nitrogens with zero attached hydrogens (tertiary/aromatic N) is 3. The smallest absolute Gasteiger partial charge is 0.233 e. The molecule has 1 amide bonds. The first-order valence-corrected chi connectivity index (χ1v) is 10.2. The molecule has 1 unspecified atom stereocenters. The van der Waals surface area contributed by atoms with Crippen LogP contribution in [-0.2, 0) is 4.79 Å². The zero-order chi connectivity index (χ0) is 17.6. The lowest BCUT2D eigenvalue weighted by Gasteiger charge is -2.35. The minimum atomic E-state index is -0.335. The van der Waals surface area contributed by atoms with Crippen molar-refractivity contribution in [1.29, 1.82) is 0 Å². The number of anilines is 2. The fourth-order valence-corrected chi connectivity index (χ4v) is 4.61. The highest BCUT2D eigenvalue weighted by atomic mass is 32.2. The molecule has 0 spiro atoms. The third kappa shape index (κ3) is 4.70. The maximum absolute atomic E-state index is 13.7. The van der Waals surface area contributed by atoms with Crippen LogP contribution in [-0.4, -0.2) is 39.3 Å². The second-order valence-corrected chi connectivity index (χ2v) is 8.11. The maximum atomic E-state index is 13.7. The molecule has 0 aliphatic carbocycles. The number of hydrogen-bond donors (Lipinski definition) is 1. The van der Waals surface area contributed by atoms with Crippen molar-refractivity contribution in [2.75, 3.05) is 17.6 Å². The molecule has 1 aliphatic rings. The van der Waals surface area contributed by atoms with Crippen LogP contribution in [0.2, 0.25) is 0 Å². The van der Waals surface area contributed by atoms with E-state index < -0.39 is 0 Å². The van der Waals surface area contributed by atoms with Crippen LogP contribution >= 0.6 is 23.1 Å². The van der Waals surface area contributed by atoms with Gasteiger partial charge in [0, 0.05) is 12.6 Å². The van der Waals surface area contributed by atoms with Crippen molar-refractivity contribution in [1.82, 2.24) is 15.1 Å². The first-order valence-electron chi connectivity index (χ1n) is 8.44. The first kappa shape index (κ1) is 18.1. The molecule has 2 aromatic rings. The lowest BCUT2D eigenvalue weighted by molar-refractivity contribution is -0.132. The number of benzene rings is 1. The number of carbonyl (C=O) groups is 1. The molecule has 3 rings (SSSR count). The first-order chi connectivity index (χ1) is 12.2. The normalized spacial score (nSPS) is 17.5. The molecule has 2 heterocycles. The van der Waals surface area contributed by atoms with Gasteiger partial charge in [-0.05, 0) is 37.8 Å². The Bertz CT molecular complexity index is 724. The van der Waals surface area contributed by atoms with E-state index >= 15 is 0 Å². The second-order valence-electron chi connectivity index (χ2n) is 5.91. The summed E-state index contributed by atoms with van der Waals surface area (Å²) in [6, 6.07) is 6.80. The van der Waals surface area contributed by atoms with Gasteiger partial charge in [-0.3, -0.25) is 4.79 Å². The van der Waals surface area contributed by atoms with E-state index in [9.17, 15) is 9.18 Å². The van der Waals surface area contributed by atoms with Gasteiger partial charge in [-0.2, -0.15) is 0 Å². The zero-order valence-electron chi connectivity index (χ0n) is 14.1. The van der Waals surface area contributed by atoms with E-state index in [2.05, 4.69) is 22.4 Å². The third-order valence-corrected chi connectivity index (χ3v) is 6.22. The molecule has 8 heteroatoms. The summed E-state index contributed by atoms with van der Waals surface area (Å²) in [5, 5.41) is 11.5. The number of halogens is 1. The van der Waals surface area contributed by atoms with Gasteiger partial charge in [0.2, 0.25) is 11.0 Å². The highest BCUT2D eigenvalue weighted by molar-refractivity contribution is 8.01. The number of rotatable bonds is 6. The summed E-state index contributed by atoms with van der Waals surface area (Å²) in [5.74, 6) is 0.193. The minimum absolute atomic E-state index is 0.162. The third-order valence-electron chi connectivity index (χ3n) is 4.26. The fourth-order valence-electron chi connectivity index (χ4n) is 2.96. The molecular weight excluding hydrogens is 359 g/mol. The Balaban J connectivity index is 1.55. The van der Waals surface area contributed by atoms with E-state index in [1.807, 2.05) is 4.90 Å². The monoisotopic (exact) mass is 380 g/mol. The molecule has 1 saturated heterocycles. The van der Waals surface area contributed by atoms with Crippen molar-refractivity contribution in [3.05, 3.63) is 30.1 Å².